The molecule has 0 saturated carbocycles. The van der Waals surface area contributed by atoms with Gasteiger partial charge in [0.2, 0.25) is 11.8 Å². The van der Waals surface area contributed by atoms with Gasteiger partial charge in [0.05, 0.1) is 11.6 Å². The second kappa shape index (κ2) is 12.0. The zero-order valence-corrected chi connectivity index (χ0v) is 19.1. The van der Waals surface area contributed by atoms with Gasteiger partial charge in [0.15, 0.2) is 0 Å². The van der Waals surface area contributed by atoms with Gasteiger partial charge in [0.1, 0.15) is 17.9 Å². The van der Waals surface area contributed by atoms with E-state index in [1.165, 1.54) is 0 Å². The molecule has 0 aliphatic carbocycles. The van der Waals surface area contributed by atoms with Gasteiger partial charge in [-0.2, -0.15) is 0 Å². The molecule has 8 nitrogen and oxygen atoms in total. The number of carbonyl (C=O) groups excluding carboxylic acids is 3. The number of ether oxygens (including phenoxy) is 2. The molecule has 0 atom stereocenters. The fraction of sp³-hybridized carbons (Fsp3) is 0.348. The molecule has 0 spiro atoms. The SMILES string of the molecule is CC(C)(C)OC(=O)NCC(=O)Nc1cccc(NC(=O)CCCOc2ccccc2Cl)c1. The number of rotatable bonds is 9. The summed E-state index contributed by atoms with van der Waals surface area (Å²) in [6, 6.07) is 13.9. The normalized spacial score (nSPS) is 10.8. The Bertz CT molecular complexity index is 943. The van der Waals surface area contributed by atoms with Crippen molar-refractivity contribution in [1.29, 1.82) is 0 Å². The predicted octanol–water partition coefficient (Wildman–Crippen LogP) is 4.60. The second-order valence-electron chi connectivity index (χ2n) is 7.92. The van der Waals surface area contributed by atoms with Gasteiger partial charge in [-0.25, -0.2) is 4.79 Å². The van der Waals surface area contributed by atoms with Crippen LogP contribution in [0.5, 0.6) is 5.75 Å². The van der Waals surface area contributed by atoms with Gasteiger partial charge < -0.3 is 25.4 Å². The average Bonchev–Trinajstić information content (AvgIpc) is 2.70. The summed E-state index contributed by atoms with van der Waals surface area (Å²) in [5.41, 5.74) is 0.383. The largest absolute Gasteiger partial charge is 0.492 e. The number of carbonyl (C=O) groups is 3. The lowest BCUT2D eigenvalue weighted by Crippen LogP contribution is -2.37. The van der Waals surface area contributed by atoms with Gasteiger partial charge in [-0.05, 0) is 57.5 Å². The van der Waals surface area contributed by atoms with E-state index in [1.807, 2.05) is 12.1 Å². The first-order chi connectivity index (χ1) is 15.1. The van der Waals surface area contributed by atoms with Crippen molar-refractivity contribution in [2.75, 3.05) is 23.8 Å². The van der Waals surface area contributed by atoms with Crippen LogP contribution in [0.25, 0.3) is 0 Å². The highest BCUT2D eigenvalue weighted by Crippen LogP contribution is 2.23. The van der Waals surface area contributed by atoms with Crippen molar-refractivity contribution in [1.82, 2.24) is 5.32 Å². The Hall–Kier alpha value is -3.26. The first-order valence-corrected chi connectivity index (χ1v) is 10.5. The predicted molar refractivity (Wildman–Crippen MR) is 124 cm³/mol. The lowest BCUT2D eigenvalue weighted by atomic mass is 10.2. The lowest BCUT2D eigenvalue weighted by molar-refractivity contribution is -0.116. The van der Waals surface area contributed by atoms with E-state index in [0.29, 0.717) is 35.2 Å². The third-order valence-electron chi connectivity index (χ3n) is 3.86. The number of anilines is 2. The minimum absolute atomic E-state index is 0.178. The van der Waals surface area contributed by atoms with Crippen LogP contribution in [0.1, 0.15) is 33.6 Å². The summed E-state index contributed by atoms with van der Waals surface area (Å²) in [6.07, 6.45) is 0.108. The molecule has 2 rings (SSSR count). The molecular formula is C23H28ClN3O5. The summed E-state index contributed by atoms with van der Waals surface area (Å²) in [5, 5.41) is 8.35. The summed E-state index contributed by atoms with van der Waals surface area (Å²) in [7, 11) is 0. The van der Waals surface area contributed by atoms with Crippen LogP contribution in [0.4, 0.5) is 16.2 Å². The van der Waals surface area contributed by atoms with E-state index >= 15 is 0 Å². The zero-order valence-electron chi connectivity index (χ0n) is 18.4. The molecule has 172 valence electrons. The van der Waals surface area contributed by atoms with Crippen LogP contribution in [-0.4, -0.2) is 36.7 Å². The minimum Gasteiger partial charge on any atom is -0.492 e. The molecule has 9 heteroatoms. The van der Waals surface area contributed by atoms with Crippen LogP contribution in [0.15, 0.2) is 48.5 Å². The fourth-order valence-corrected chi connectivity index (χ4v) is 2.74. The van der Waals surface area contributed by atoms with E-state index in [0.717, 1.165) is 0 Å². The van der Waals surface area contributed by atoms with Crippen LogP contribution in [-0.2, 0) is 14.3 Å². The van der Waals surface area contributed by atoms with E-state index in [-0.39, 0.29) is 18.9 Å². The average molecular weight is 462 g/mol. The molecule has 0 saturated heterocycles. The highest BCUT2D eigenvalue weighted by Gasteiger charge is 2.16. The molecular weight excluding hydrogens is 434 g/mol. The van der Waals surface area contributed by atoms with Gasteiger partial charge in [-0.15, -0.1) is 0 Å². The van der Waals surface area contributed by atoms with Gasteiger partial charge in [0.25, 0.3) is 0 Å². The third-order valence-corrected chi connectivity index (χ3v) is 4.18. The maximum absolute atomic E-state index is 12.2. The van der Waals surface area contributed by atoms with Crippen molar-refractivity contribution in [2.45, 2.75) is 39.2 Å². The number of para-hydroxylation sites is 1. The van der Waals surface area contributed by atoms with E-state index in [1.54, 1.807) is 57.2 Å². The molecule has 2 aromatic carbocycles. The van der Waals surface area contributed by atoms with E-state index in [9.17, 15) is 14.4 Å². The van der Waals surface area contributed by atoms with Crippen molar-refractivity contribution in [3.8, 4) is 5.75 Å². The topological polar surface area (TPSA) is 106 Å². The molecule has 0 aromatic heterocycles. The first-order valence-electron chi connectivity index (χ1n) is 10.2. The summed E-state index contributed by atoms with van der Waals surface area (Å²) >= 11 is 6.02. The molecule has 32 heavy (non-hydrogen) atoms. The summed E-state index contributed by atoms with van der Waals surface area (Å²) < 4.78 is 10.6. The zero-order chi connectivity index (χ0) is 23.6. The van der Waals surface area contributed by atoms with Crippen LogP contribution < -0.4 is 20.7 Å². The second-order valence-corrected chi connectivity index (χ2v) is 8.32. The number of alkyl carbamates (subject to hydrolysis) is 1. The Kier molecular flexibility index (Phi) is 9.34. The molecule has 0 bridgehead atoms. The molecule has 0 radical (unpaired) electrons. The van der Waals surface area contributed by atoms with Crippen molar-refractivity contribution >= 4 is 40.9 Å². The number of hydrogen-bond donors (Lipinski definition) is 3. The van der Waals surface area contributed by atoms with Crippen molar-refractivity contribution in [2.24, 2.45) is 0 Å². The fourth-order valence-electron chi connectivity index (χ4n) is 2.55. The monoisotopic (exact) mass is 461 g/mol. The van der Waals surface area contributed by atoms with Crippen LogP contribution in [0.3, 0.4) is 0 Å². The first kappa shape index (κ1) is 25.0. The lowest BCUT2D eigenvalue weighted by Gasteiger charge is -2.19. The third kappa shape index (κ3) is 9.70. The van der Waals surface area contributed by atoms with Crippen molar-refractivity contribution in [3.63, 3.8) is 0 Å². The van der Waals surface area contributed by atoms with Gasteiger partial charge in [0, 0.05) is 17.8 Å². The highest BCUT2D eigenvalue weighted by molar-refractivity contribution is 6.32. The molecule has 0 heterocycles. The maximum atomic E-state index is 12.2. The molecule has 3 N–H and O–H groups in total. The molecule has 0 unspecified atom stereocenters. The van der Waals surface area contributed by atoms with E-state index in [2.05, 4.69) is 16.0 Å². The van der Waals surface area contributed by atoms with E-state index < -0.39 is 17.6 Å². The number of nitrogens with one attached hydrogen (secondary N) is 3. The maximum Gasteiger partial charge on any atom is 0.408 e. The number of amides is 3. The van der Waals surface area contributed by atoms with Crippen molar-refractivity contribution in [3.05, 3.63) is 53.6 Å². The van der Waals surface area contributed by atoms with Crippen LogP contribution in [0.2, 0.25) is 5.02 Å². The Labute approximate surface area is 192 Å². The highest BCUT2D eigenvalue weighted by atomic mass is 35.5. The van der Waals surface area contributed by atoms with Crippen LogP contribution in [0, 0.1) is 0 Å². The number of halogens is 1. The number of benzene rings is 2. The smallest absolute Gasteiger partial charge is 0.408 e. The Balaban J connectivity index is 1.73. The quantitative estimate of drug-likeness (QED) is 0.473. The Morgan fingerprint density at radius 2 is 1.59 bits per heavy atom. The molecule has 2 aromatic rings. The molecule has 3 amide bonds. The molecule has 0 aliphatic rings. The molecule has 0 fully saturated rings. The standard InChI is InChI=1S/C23H28ClN3O5/c1-23(2,3)32-22(30)25-15-21(29)27-17-9-6-8-16(14-17)26-20(28)12-7-13-31-19-11-5-4-10-18(19)24/h4-6,8-11,14H,7,12-13,15H2,1-3H3,(H,25,30)(H,26,28)(H,27,29). The summed E-state index contributed by atoms with van der Waals surface area (Å²) in [4.78, 5) is 35.8. The number of hydrogen-bond acceptors (Lipinski definition) is 5. The van der Waals surface area contributed by atoms with E-state index in [4.69, 9.17) is 21.1 Å². The van der Waals surface area contributed by atoms with Crippen molar-refractivity contribution < 1.29 is 23.9 Å². The van der Waals surface area contributed by atoms with Gasteiger partial charge >= 0.3 is 6.09 Å². The Morgan fingerprint density at radius 1 is 0.938 bits per heavy atom. The minimum atomic E-state index is -0.674. The van der Waals surface area contributed by atoms with Gasteiger partial charge in [-0.1, -0.05) is 29.8 Å². The summed E-state index contributed by atoms with van der Waals surface area (Å²) in [6.45, 7) is 5.32. The molecule has 0 aliphatic heterocycles. The van der Waals surface area contributed by atoms with Crippen LogP contribution >= 0.6 is 11.6 Å². The van der Waals surface area contributed by atoms with Gasteiger partial charge in [-0.3, -0.25) is 9.59 Å². The summed E-state index contributed by atoms with van der Waals surface area (Å²) in [5.74, 6) is -0.0157. The Morgan fingerprint density at radius 3 is 2.25 bits per heavy atom.